The summed E-state index contributed by atoms with van der Waals surface area (Å²) < 4.78 is 45.1. The van der Waals surface area contributed by atoms with Gasteiger partial charge in [0.2, 0.25) is 5.76 Å². The standard InChI is InChI=1S/C7H3F3O2/c8-7(9,10)6-3-5-4(12-6)1-2-11-5/h1-3H. The lowest BCUT2D eigenvalue weighted by Gasteiger charge is -1.98. The zero-order valence-corrected chi connectivity index (χ0v) is 5.68. The van der Waals surface area contributed by atoms with Crippen molar-refractivity contribution in [3.8, 4) is 0 Å². The summed E-state index contributed by atoms with van der Waals surface area (Å²) in [7, 11) is 0. The quantitative estimate of drug-likeness (QED) is 0.616. The van der Waals surface area contributed by atoms with E-state index in [0.29, 0.717) is 0 Å². The molecule has 0 amide bonds. The van der Waals surface area contributed by atoms with Crippen LogP contribution in [-0.4, -0.2) is 0 Å². The van der Waals surface area contributed by atoms with Gasteiger partial charge in [0.05, 0.1) is 6.26 Å². The molecule has 5 heteroatoms. The van der Waals surface area contributed by atoms with Crippen LogP contribution in [0.25, 0.3) is 11.2 Å². The number of hydrogen-bond acceptors (Lipinski definition) is 2. The number of hydrogen-bond donors (Lipinski definition) is 0. The highest BCUT2D eigenvalue weighted by atomic mass is 19.4. The fourth-order valence-electron chi connectivity index (χ4n) is 0.905. The second-order valence-electron chi connectivity index (χ2n) is 2.26. The highest BCUT2D eigenvalue weighted by Gasteiger charge is 2.35. The summed E-state index contributed by atoms with van der Waals surface area (Å²) in [5.74, 6) is -1.03. The Morgan fingerprint density at radius 1 is 1.17 bits per heavy atom. The molecule has 0 bridgehead atoms. The summed E-state index contributed by atoms with van der Waals surface area (Å²) in [6.45, 7) is 0. The van der Waals surface area contributed by atoms with Gasteiger partial charge in [0.25, 0.3) is 0 Å². The fraction of sp³-hybridized carbons (Fsp3) is 0.143. The molecule has 0 saturated heterocycles. The Morgan fingerprint density at radius 2 is 1.92 bits per heavy atom. The maximum atomic E-state index is 12.0. The van der Waals surface area contributed by atoms with Gasteiger partial charge in [-0.2, -0.15) is 13.2 Å². The van der Waals surface area contributed by atoms with E-state index in [4.69, 9.17) is 4.42 Å². The van der Waals surface area contributed by atoms with E-state index in [1.807, 2.05) is 0 Å². The largest absolute Gasteiger partial charge is 0.461 e. The lowest BCUT2D eigenvalue weighted by Crippen LogP contribution is -2.01. The zero-order chi connectivity index (χ0) is 8.77. The molecule has 2 aromatic heterocycles. The van der Waals surface area contributed by atoms with Gasteiger partial charge in [0, 0.05) is 12.1 Å². The topological polar surface area (TPSA) is 26.3 Å². The van der Waals surface area contributed by atoms with E-state index in [0.717, 1.165) is 6.07 Å². The molecule has 12 heavy (non-hydrogen) atoms. The van der Waals surface area contributed by atoms with Crippen molar-refractivity contribution in [2.75, 3.05) is 0 Å². The highest BCUT2D eigenvalue weighted by Crippen LogP contribution is 2.33. The minimum Gasteiger partial charge on any atom is -0.461 e. The molecule has 0 saturated carbocycles. The zero-order valence-electron chi connectivity index (χ0n) is 5.68. The first-order chi connectivity index (χ1) is 5.57. The van der Waals surface area contributed by atoms with Crippen LogP contribution in [0.15, 0.2) is 27.2 Å². The third-order valence-electron chi connectivity index (χ3n) is 1.42. The van der Waals surface area contributed by atoms with Crippen molar-refractivity contribution >= 4 is 11.2 Å². The molecule has 0 fully saturated rings. The van der Waals surface area contributed by atoms with Crippen molar-refractivity contribution in [2.24, 2.45) is 0 Å². The Hall–Kier alpha value is -1.39. The molecule has 0 aliphatic carbocycles. The van der Waals surface area contributed by atoms with Crippen LogP contribution >= 0.6 is 0 Å². The molecule has 0 aromatic carbocycles. The third kappa shape index (κ3) is 0.975. The minimum atomic E-state index is -4.44. The molecule has 2 nitrogen and oxygen atoms in total. The summed E-state index contributed by atoms with van der Waals surface area (Å²) in [4.78, 5) is 0. The molecule has 0 aliphatic heterocycles. The van der Waals surface area contributed by atoms with Gasteiger partial charge >= 0.3 is 6.18 Å². The molecule has 2 heterocycles. The Labute approximate surface area is 64.6 Å². The number of fused-ring (bicyclic) bond motifs is 1. The summed E-state index contributed by atoms with van der Waals surface area (Å²) in [6, 6.07) is 2.17. The van der Waals surface area contributed by atoms with Crippen LogP contribution in [0.3, 0.4) is 0 Å². The first kappa shape index (κ1) is 7.27. The van der Waals surface area contributed by atoms with Gasteiger partial charge in [-0.3, -0.25) is 0 Å². The van der Waals surface area contributed by atoms with Crippen LogP contribution in [0.5, 0.6) is 0 Å². The Bertz CT molecular complexity index is 367. The van der Waals surface area contributed by atoms with Crippen LogP contribution in [0, 0.1) is 0 Å². The van der Waals surface area contributed by atoms with Gasteiger partial charge in [-0.05, 0) is 0 Å². The summed E-state index contributed by atoms with van der Waals surface area (Å²) >= 11 is 0. The van der Waals surface area contributed by atoms with Crippen molar-refractivity contribution in [1.29, 1.82) is 0 Å². The highest BCUT2D eigenvalue weighted by molar-refractivity contribution is 5.71. The molecular formula is C7H3F3O2. The maximum Gasteiger partial charge on any atom is 0.449 e. The van der Waals surface area contributed by atoms with E-state index < -0.39 is 11.9 Å². The van der Waals surface area contributed by atoms with E-state index in [1.165, 1.54) is 12.3 Å². The predicted molar refractivity (Wildman–Crippen MR) is 33.5 cm³/mol. The van der Waals surface area contributed by atoms with Crippen molar-refractivity contribution in [3.05, 3.63) is 24.2 Å². The maximum absolute atomic E-state index is 12.0. The molecule has 0 aliphatic rings. The first-order valence-electron chi connectivity index (χ1n) is 3.11. The minimum absolute atomic E-state index is 0.113. The molecule has 2 aromatic rings. The second-order valence-corrected chi connectivity index (χ2v) is 2.26. The summed E-state index contributed by atoms with van der Waals surface area (Å²) in [6.07, 6.45) is -3.17. The van der Waals surface area contributed by atoms with Crippen molar-refractivity contribution in [2.45, 2.75) is 6.18 Å². The van der Waals surface area contributed by atoms with Crippen LogP contribution in [0.1, 0.15) is 5.76 Å². The van der Waals surface area contributed by atoms with Crippen molar-refractivity contribution < 1.29 is 22.0 Å². The van der Waals surface area contributed by atoms with Gasteiger partial charge in [-0.25, -0.2) is 0 Å². The van der Waals surface area contributed by atoms with Crippen LogP contribution in [0.4, 0.5) is 13.2 Å². The molecule has 2 rings (SSSR count). The smallest absolute Gasteiger partial charge is 0.449 e. The SMILES string of the molecule is FC(F)(F)c1cc2occc2o1. The normalized spacial score (nSPS) is 12.6. The first-order valence-corrected chi connectivity index (χ1v) is 3.11. The average molecular weight is 176 g/mol. The Kier molecular flexibility index (Phi) is 1.25. The van der Waals surface area contributed by atoms with Gasteiger partial charge in [0.1, 0.15) is 0 Å². The number of rotatable bonds is 0. The number of halogens is 3. The van der Waals surface area contributed by atoms with Crippen LogP contribution in [-0.2, 0) is 6.18 Å². The van der Waals surface area contributed by atoms with E-state index in [1.54, 1.807) is 0 Å². The third-order valence-corrected chi connectivity index (χ3v) is 1.42. The monoisotopic (exact) mass is 176 g/mol. The van der Waals surface area contributed by atoms with Crippen molar-refractivity contribution in [3.63, 3.8) is 0 Å². The summed E-state index contributed by atoms with van der Waals surface area (Å²) in [5, 5.41) is 0. The summed E-state index contributed by atoms with van der Waals surface area (Å²) in [5.41, 5.74) is 0.227. The Balaban J connectivity index is 2.59. The van der Waals surface area contributed by atoms with Crippen LogP contribution in [0.2, 0.25) is 0 Å². The molecule has 0 radical (unpaired) electrons. The van der Waals surface area contributed by atoms with E-state index in [9.17, 15) is 13.2 Å². The predicted octanol–water partition coefficient (Wildman–Crippen LogP) is 3.04. The van der Waals surface area contributed by atoms with Gasteiger partial charge < -0.3 is 8.83 Å². The molecule has 0 atom stereocenters. The van der Waals surface area contributed by atoms with Crippen LogP contribution < -0.4 is 0 Å². The Morgan fingerprint density at radius 3 is 2.50 bits per heavy atom. The molecule has 0 N–H and O–H groups in total. The lowest BCUT2D eigenvalue weighted by molar-refractivity contribution is -0.152. The van der Waals surface area contributed by atoms with E-state index in [-0.39, 0.29) is 11.2 Å². The van der Waals surface area contributed by atoms with Gasteiger partial charge in [-0.15, -0.1) is 0 Å². The van der Waals surface area contributed by atoms with E-state index >= 15 is 0 Å². The van der Waals surface area contributed by atoms with Crippen molar-refractivity contribution in [1.82, 2.24) is 0 Å². The number of furan rings is 2. The van der Waals surface area contributed by atoms with Gasteiger partial charge in [-0.1, -0.05) is 0 Å². The number of alkyl halides is 3. The van der Waals surface area contributed by atoms with Gasteiger partial charge in [0.15, 0.2) is 11.2 Å². The van der Waals surface area contributed by atoms with E-state index in [2.05, 4.69) is 4.42 Å². The molecule has 64 valence electrons. The molecule has 0 unspecified atom stereocenters. The fourth-order valence-corrected chi connectivity index (χ4v) is 0.905. The lowest BCUT2D eigenvalue weighted by atomic mass is 10.4. The molecular weight excluding hydrogens is 173 g/mol. The second kappa shape index (κ2) is 2.06. The average Bonchev–Trinajstić information content (AvgIpc) is 2.37. The molecule has 0 spiro atoms.